The number of nitrogen functional groups attached to an aromatic ring is 1. The molecule has 0 saturated heterocycles. The monoisotopic (exact) mass is 429 g/mol. The van der Waals surface area contributed by atoms with Gasteiger partial charge in [0.05, 0.1) is 24.3 Å². The minimum atomic E-state index is -0.398. The number of ether oxygens (including phenoxy) is 1. The number of carbonyl (C=O) groups excluding carboxylic acids is 1. The molecule has 2 aromatic carbocycles. The number of thioether (sulfide) groups is 1. The third kappa shape index (κ3) is 5.47. The number of nitrogens with one attached hydrogen (secondary N) is 2. The topological polar surface area (TPSA) is 119 Å². The number of carbonyl (C=O) groups is 1. The van der Waals surface area contributed by atoms with Crippen molar-refractivity contribution in [3.63, 3.8) is 0 Å². The van der Waals surface area contributed by atoms with Crippen molar-refractivity contribution in [2.75, 3.05) is 28.9 Å². The number of hydrogen-bond donors (Lipinski definition) is 3. The molecule has 9 nitrogen and oxygen atoms in total. The number of rotatable bonds is 9. The molecule has 0 unspecified atom stereocenters. The van der Waals surface area contributed by atoms with Gasteiger partial charge in [0.25, 0.3) is 5.95 Å². The van der Waals surface area contributed by atoms with Gasteiger partial charge in [0.15, 0.2) is 0 Å². The van der Waals surface area contributed by atoms with Crippen LogP contribution in [-0.2, 0) is 4.79 Å². The third-order valence-corrected chi connectivity index (χ3v) is 4.67. The van der Waals surface area contributed by atoms with Crippen LogP contribution >= 0.6 is 11.8 Å². The van der Waals surface area contributed by atoms with Gasteiger partial charge in [0, 0.05) is 5.56 Å². The van der Waals surface area contributed by atoms with E-state index in [-0.39, 0.29) is 17.6 Å². The van der Waals surface area contributed by atoms with Crippen LogP contribution in [0.15, 0.2) is 58.8 Å². The summed E-state index contributed by atoms with van der Waals surface area (Å²) < 4.78 is 20.2. The fourth-order valence-electron chi connectivity index (χ4n) is 2.36. The predicted molar refractivity (Wildman–Crippen MR) is 115 cm³/mol. The minimum Gasteiger partial charge on any atom is -0.492 e. The van der Waals surface area contributed by atoms with Crippen molar-refractivity contribution >= 4 is 35.5 Å². The Bertz CT molecular complexity index is 1040. The number of hydrogen-bond acceptors (Lipinski definition) is 8. The molecule has 3 aromatic rings. The van der Waals surface area contributed by atoms with Crippen molar-refractivity contribution in [3.05, 3.63) is 59.9 Å². The third-order valence-electron chi connectivity index (χ3n) is 3.73. The Balaban J connectivity index is 1.55. The molecule has 0 spiro atoms. The number of nitrogens with two attached hydrogens (primary N) is 1. The second-order valence-corrected chi connectivity index (χ2v) is 6.78. The Hall–Kier alpha value is -3.60. The molecule has 4 N–H and O–H groups in total. The molecule has 0 aliphatic heterocycles. The Kier molecular flexibility index (Phi) is 7.22. The van der Waals surface area contributed by atoms with Crippen molar-refractivity contribution in [2.24, 2.45) is 5.10 Å². The van der Waals surface area contributed by atoms with E-state index in [9.17, 15) is 9.18 Å². The van der Waals surface area contributed by atoms with Crippen LogP contribution in [-0.4, -0.2) is 39.4 Å². The smallest absolute Gasteiger partial charge is 0.264 e. The lowest BCUT2D eigenvalue weighted by Gasteiger charge is -2.10. The van der Waals surface area contributed by atoms with Crippen LogP contribution in [0.3, 0.4) is 0 Å². The van der Waals surface area contributed by atoms with Gasteiger partial charge >= 0.3 is 0 Å². The maximum atomic E-state index is 13.6. The van der Waals surface area contributed by atoms with Gasteiger partial charge in [-0.3, -0.25) is 4.79 Å². The van der Waals surface area contributed by atoms with Crippen LogP contribution in [0.25, 0.3) is 0 Å². The van der Waals surface area contributed by atoms with Crippen molar-refractivity contribution in [1.82, 2.24) is 14.9 Å². The molecular weight excluding hydrogens is 409 g/mol. The summed E-state index contributed by atoms with van der Waals surface area (Å²) in [7, 11) is 0. The maximum Gasteiger partial charge on any atom is 0.264 e. The quantitative estimate of drug-likeness (QED) is 0.207. The number of aromatic nitrogens is 3. The first-order valence-corrected chi connectivity index (χ1v) is 9.95. The molecule has 0 aliphatic carbocycles. The molecule has 156 valence electrons. The average Bonchev–Trinajstić information content (AvgIpc) is 3.09. The Morgan fingerprint density at radius 2 is 2.03 bits per heavy atom. The molecule has 1 amide bonds. The van der Waals surface area contributed by atoms with Crippen molar-refractivity contribution in [1.29, 1.82) is 0 Å². The zero-order valence-electron chi connectivity index (χ0n) is 16.1. The van der Waals surface area contributed by atoms with E-state index < -0.39 is 5.82 Å². The standard InChI is InChI=1S/C19H20FN7O2S/c1-2-29-16-10-6-5-9-15(16)23-17(28)12-30-19-26-25-18(27(19)21)24-22-11-13-7-3-4-8-14(13)20/h3-11H,2,12,21H2,1H3,(H,23,28)(H,24,25)/b22-11+. The predicted octanol–water partition coefficient (Wildman–Crippen LogP) is 2.71. The number of anilines is 2. The molecule has 0 radical (unpaired) electrons. The van der Waals surface area contributed by atoms with Gasteiger partial charge in [-0.2, -0.15) is 5.10 Å². The van der Waals surface area contributed by atoms with Crippen molar-refractivity contribution < 1.29 is 13.9 Å². The second kappa shape index (κ2) is 10.3. The maximum absolute atomic E-state index is 13.6. The highest BCUT2D eigenvalue weighted by atomic mass is 32.2. The van der Waals surface area contributed by atoms with Gasteiger partial charge < -0.3 is 15.9 Å². The fraction of sp³-hybridized carbons (Fsp3) is 0.158. The highest BCUT2D eigenvalue weighted by molar-refractivity contribution is 7.99. The lowest BCUT2D eigenvalue weighted by molar-refractivity contribution is -0.113. The van der Waals surface area contributed by atoms with E-state index in [1.54, 1.807) is 30.3 Å². The van der Waals surface area contributed by atoms with Crippen LogP contribution in [0, 0.1) is 5.82 Å². The van der Waals surface area contributed by atoms with Crippen molar-refractivity contribution in [2.45, 2.75) is 12.1 Å². The van der Waals surface area contributed by atoms with Gasteiger partial charge in [0.1, 0.15) is 11.6 Å². The zero-order valence-corrected chi connectivity index (χ0v) is 16.9. The summed E-state index contributed by atoms with van der Waals surface area (Å²) in [4.78, 5) is 12.3. The van der Waals surface area contributed by atoms with E-state index in [1.807, 2.05) is 19.1 Å². The van der Waals surface area contributed by atoms with E-state index in [2.05, 4.69) is 26.0 Å². The molecule has 0 saturated carbocycles. The summed E-state index contributed by atoms with van der Waals surface area (Å²) in [5, 5.41) is 14.8. The number of amides is 1. The van der Waals surface area contributed by atoms with E-state index in [0.717, 1.165) is 16.4 Å². The van der Waals surface area contributed by atoms with Crippen LogP contribution < -0.4 is 21.3 Å². The van der Waals surface area contributed by atoms with E-state index in [1.165, 1.54) is 12.3 Å². The van der Waals surface area contributed by atoms with Crippen molar-refractivity contribution in [3.8, 4) is 5.75 Å². The molecule has 1 aromatic heterocycles. The molecule has 30 heavy (non-hydrogen) atoms. The van der Waals surface area contributed by atoms with Crippen LogP contribution in [0.5, 0.6) is 5.75 Å². The van der Waals surface area contributed by atoms with Gasteiger partial charge in [-0.25, -0.2) is 14.5 Å². The Morgan fingerprint density at radius 3 is 2.83 bits per heavy atom. The van der Waals surface area contributed by atoms with E-state index in [4.69, 9.17) is 10.6 Å². The van der Waals surface area contributed by atoms with Crippen LogP contribution in [0.1, 0.15) is 12.5 Å². The second-order valence-electron chi connectivity index (χ2n) is 5.83. The highest BCUT2D eigenvalue weighted by Crippen LogP contribution is 2.24. The largest absolute Gasteiger partial charge is 0.492 e. The minimum absolute atomic E-state index is 0.0638. The molecule has 11 heteroatoms. The summed E-state index contributed by atoms with van der Waals surface area (Å²) in [6.45, 7) is 2.36. The number of benzene rings is 2. The van der Waals surface area contributed by atoms with Crippen LogP contribution in [0.2, 0.25) is 0 Å². The summed E-state index contributed by atoms with van der Waals surface area (Å²) in [5.74, 6) is 6.08. The molecular formula is C19H20FN7O2S. The lowest BCUT2D eigenvalue weighted by atomic mass is 10.2. The number of halogens is 1. The normalized spacial score (nSPS) is 10.9. The molecule has 3 rings (SSSR count). The van der Waals surface area contributed by atoms with E-state index in [0.29, 0.717) is 28.8 Å². The van der Waals surface area contributed by atoms with Gasteiger partial charge in [0.2, 0.25) is 11.1 Å². The molecule has 0 atom stereocenters. The number of hydrazone groups is 1. The molecule has 0 aliphatic rings. The Morgan fingerprint density at radius 1 is 1.27 bits per heavy atom. The highest BCUT2D eigenvalue weighted by Gasteiger charge is 2.13. The number of nitrogens with zero attached hydrogens (tertiary/aromatic N) is 4. The first-order valence-electron chi connectivity index (χ1n) is 8.97. The summed E-state index contributed by atoms with van der Waals surface area (Å²) in [5.41, 5.74) is 3.49. The lowest BCUT2D eigenvalue weighted by Crippen LogP contribution is -2.17. The van der Waals surface area contributed by atoms with Crippen LogP contribution in [0.4, 0.5) is 16.0 Å². The van der Waals surface area contributed by atoms with Gasteiger partial charge in [-0.15, -0.1) is 10.2 Å². The summed E-state index contributed by atoms with van der Waals surface area (Å²) in [6, 6.07) is 13.4. The first-order chi connectivity index (χ1) is 14.6. The molecule has 0 fully saturated rings. The molecule has 0 bridgehead atoms. The molecule has 1 heterocycles. The summed E-state index contributed by atoms with van der Waals surface area (Å²) >= 11 is 1.11. The van der Waals surface area contributed by atoms with Gasteiger partial charge in [-0.05, 0) is 25.1 Å². The average molecular weight is 429 g/mol. The van der Waals surface area contributed by atoms with E-state index >= 15 is 0 Å². The first kappa shape index (κ1) is 21.1. The van der Waals surface area contributed by atoms with Gasteiger partial charge in [-0.1, -0.05) is 42.1 Å². The zero-order chi connectivity index (χ0) is 21.3. The summed E-state index contributed by atoms with van der Waals surface area (Å²) in [6.07, 6.45) is 1.31. The SMILES string of the molecule is CCOc1ccccc1NC(=O)CSc1nnc(N/N=C/c2ccccc2F)n1N. The fourth-order valence-corrected chi connectivity index (χ4v) is 3.02. The number of para-hydroxylation sites is 2. The Labute approximate surface area is 176 Å².